The van der Waals surface area contributed by atoms with E-state index in [1.165, 1.54) is 0 Å². The lowest BCUT2D eigenvalue weighted by Gasteiger charge is -2.28. The van der Waals surface area contributed by atoms with Gasteiger partial charge in [-0.1, -0.05) is 23.7 Å². The lowest BCUT2D eigenvalue weighted by molar-refractivity contribution is 0.122. The van der Waals surface area contributed by atoms with Crippen molar-refractivity contribution in [3.8, 4) is 0 Å². The Morgan fingerprint density at radius 3 is 2.76 bits per heavy atom. The molecule has 1 aliphatic heterocycles. The van der Waals surface area contributed by atoms with E-state index in [-0.39, 0.29) is 5.82 Å². The van der Waals surface area contributed by atoms with Crippen LogP contribution in [0, 0.1) is 5.82 Å². The quantitative estimate of drug-likeness (QED) is 0.945. The second-order valence-electron chi connectivity index (χ2n) is 4.57. The maximum absolute atomic E-state index is 13.9. The maximum atomic E-state index is 13.9. The topological polar surface area (TPSA) is 50.3 Å². The number of hydrogen-bond acceptors (Lipinski definition) is 5. The number of rotatable bonds is 3. The molecule has 1 aromatic heterocycles. The number of para-hydroxylation sites is 1. The zero-order valence-electron chi connectivity index (χ0n) is 11.2. The van der Waals surface area contributed by atoms with Crippen LogP contribution >= 0.6 is 11.6 Å². The predicted octanol–water partition coefficient (Wildman–Crippen LogP) is 2.85. The van der Waals surface area contributed by atoms with Gasteiger partial charge in [-0.05, 0) is 12.1 Å². The number of hydrogen-bond donors (Lipinski definition) is 1. The van der Waals surface area contributed by atoms with Crippen LogP contribution in [0.25, 0.3) is 0 Å². The van der Waals surface area contributed by atoms with Gasteiger partial charge in [0.2, 0.25) is 5.95 Å². The molecule has 2 aromatic rings. The van der Waals surface area contributed by atoms with E-state index in [0.717, 1.165) is 6.20 Å². The summed E-state index contributed by atoms with van der Waals surface area (Å²) in [6.45, 7) is 2.35. The molecule has 0 aliphatic carbocycles. The molecule has 0 bridgehead atoms. The van der Waals surface area contributed by atoms with Crippen molar-refractivity contribution in [3.63, 3.8) is 0 Å². The SMILES string of the molecule is Fc1cnc(Nc2ccccc2Cl)nc1N1CCOCC1. The van der Waals surface area contributed by atoms with Crippen LogP contribution in [0.3, 0.4) is 0 Å². The zero-order chi connectivity index (χ0) is 14.7. The Kier molecular flexibility index (Phi) is 4.17. The number of nitrogens with one attached hydrogen (secondary N) is 1. The Hall–Kier alpha value is -1.92. The Bertz CT molecular complexity index is 634. The van der Waals surface area contributed by atoms with Gasteiger partial charge in [0, 0.05) is 13.1 Å². The van der Waals surface area contributed by atoms with Crippen molar-refractivity contribution in [3.05, 3.63) is 41.3 Å². The van der Waals surface area contributed by atoms with Crippen molar-refractivity contribution in [1.82, 2.24) is 9.97 Å². The lowest BCUT2D eigenvalue weighted by Crippen LogP contribution is -2.37. The molecule has 0 radical (unpaired) electrons. The second-order valence-corrected chi connectivity index (χ2v) is 4.98. The minimum Gasteiger partial charge on any atom is -0.378 e. The zero-order valence-corrected chi connectivity index (χ0v) is 12.0. The van der Waals surface area contributed by atoms with Crippen molar-refractivity contribution in [1.29, 1.82) is 0 Å². The molecule has 7 heteroatoms. The standard InChI is InChI=1S/C14H14ClFN4O/c15-10-3-1-2-4-12(10)18-14-17-9-11(16)13(19-14)20-5-7-21-8-6-20/h1-4,9H,5-8H2,(H,17,18,19). The number of ether oxygens (including phenoxy) is 1. The first kappa shape index (κ1) is 14.0. The van der Waals surface area contributed by atoms with Crippen LogP contribution in [-0.2, 0) is 4.74 Å². The number of benzene rings is 1. The highest BCUT2D eigenvalue weighted by molar-refractivity contribution is 6.33. The molecule has 1 fully saturated rings. The highest BCUT2D eigenvalue weighted by Gasteiger charge is 2.18. The third kappa shape index (κ3) is 3.22. The van der Waals surface area contributed by atoms with Crippen LogP contribution in [-0.4, -0.2) is 36.3 Å². The fraction of sp³-hybridized carbons (Fsp3) is 0.286. The van der Waals surface area contributed by atoms with Crippen LogP contribution in [0.15, 0.2) is 30.5 Å². The summed E-state index contributed by atoms with van der Waals surface area (Å²) in [6, 6.07) is 7.25. The molecule has 1 N–H and O–H groups in total. The Morgan fingerprint density at radius 2 is 2.00 bits per heavy atom. The molecule has 5 nitrogen and oxygen atoms in total. The molecule has 3 rings (SSSR count). The number of nitrogens with zero attached hydrogens (tertiary/aromatic N) is 3. The largest absolute Gasteiger partial charge is 0.378 e. The number of morpholine rings is 1. The average molecular weight is 309 g/mol. The number of halogens is 2. The third-order valence-electron chi connectivity index (χ3n) is 3.16. The summed E-state index contributed by atoms with van der Waals surface area (Å²) >= 11 is 6.07. The van der Waals surface area contributed by atoms with Crippen molar-refractivity contribution >= 4 is 29.1 Å². The summed E-state index contributed by atoms with van der Waals surface area (Å²) in [5.41, 5.74) is 0.679. The van der Waals surface area contributed by atoms with E-state index in [1.54, 1.807) is 6.07 Å². The van der Waals surface area contributed by atoms with Gasteiger partial charge in [0.25, 0.3) is 0 Å². The van der Waals surface area contributed by atoms with Crippen molar-refractivity contribution in [2.45, 2.75) is 0 Å². The van der Waals surface area contributed by atoms with Gasteiger partial charge in [-0.3, -0.25) is 0 Å². The van der Waals surface area contributed by atoms with Gasteiger partial charge in [-0.25, -0.2) is 9.37 Å². The van der Waals surface area contributed by atoms with Crippen LogP contribution in [0.5, 0.6) is 0 Å². The molecule has 0 spiro atoms. The van der Waals surface area contributed by atoms with Crippen LogP contribution < -0.4 is 10.2 Å². The van der Waals surface area contributed by atoms with Crippen molar-refractivity contribution in [2.24, 2.45) is 0 Å². The molecular weight excluding hydrogens is 295 g/mol. The van der Waals surface area contributed by atoms with Crippen molar-refractivity contribution < 1.29 is 9.13 Å². The molecule has 2 heterocycles. The fourth-order valence-corrected chi connectivity index (χ4v) is 2.28. The summed E-state index contributed by atoms with van der Waals surface area (Å²) in [4.78, 5) is 10.0. The summed E-state index contributed by atoms with van der Waals surface area (Å²) < 4.78 is 19.2. The first-order valence-corrected chi connectivity index (χ1v) is 6.98. The molecule has 0 unspecified atom stereocenters. The minimum atomic E-state index is -0.443. The Labute approximate surface area is 126 Å². The summed E-state index contributed by atoms with van der Waals surface area (Å²) in [6.07, 6.45) is 1.16. The monoisotopic (exact) mass is 308 g/mol. The molecule has 1 saturated heterocycles. The highest BCUT2D eigenvalue weighted by atomic mass is 35.5. The summed E-state index contributed by atoms with van der Waals surface area (Å²) in [7, 11) is 0. The first-order valence-electron chi connectivity index (χ1n) is 6.61. The normalized spacial score (nSPS) is 15.0. The smallest absolute Gasteiger partial charge is 0.229 e. The number of anilines is 3. The van der Waals surface area contributed by atoms with E-state index in [9.17, 15) is 4.39 Å². The molecule has 0 saturated carbocycles. The molecule has 0 amide bonds. The van der Waals surface area contributed by atoms with E-state index >= 15 is 0 Å². The van der Waals surface area contributed by atoms with Gasteiger partial charge in [0.1, 0.15) is 0 Å². The predicted molar refractivity (Wildman–Crippen MR) is 79.8 cm³/mol. The number of aromatic nitrogens is 2. The molecule has 110 valence electrons. The minimum absolute atomic E-state index is 0.280. The molecule has 1 aromatic carbocycles. The van der Waals surface area contributed by atoms with Crippen LogP contribution in [0.4, 0.5) is 21.8 Å². The van der Waals surface area contributed by atoms with E-state index in [2.05, 4.69) is 15.3 Å². The van der Waals surface area contributed by atoms with Crippen molar-refractivity contribution in [2.75, 3.05) is 36.5 Å². The first-order chi connectivity index (χ1) is 10.2. The second kappa shape index (κ2) is 6.24. The molecular formula is C14H14ClFN4O. The molecule has 0 atom stereocenters. The van der Waals surface area contributed by atoms with Crippen LogP contribution in [0.1, 0.15) is 0 Å². The average Bonchev–Trinajstić information content (AvgIpc) is 2.52. The molecule has 21 heavy (non-hydrogen) atoms. The fourth-order valence-electron chi connectivity index (χ4n) is 2.10. The van der Waals surface area contributed by atoms with E-state index < -0.39 is 5.82 Å². The van der Waals surface area contributed by atoms with Gasteiger partial charge in [-0.15, -0.1) is 0 Å². The summed E-state index contributed by atoms with van der Waals surface area (Å²) in [5, 5.41) is 3.55. The van der Waals surface area contributed by atoms with Gasteiger partial charge in [-0.2, -0.15) is 4.98 Å². The van der Waals surface area contributed by atoms with E-state index in [1.807, 2.05) is 23.1 Å². The summed E-state index contributed by atoms with van der Waals surface area (Å²) in [5.74, 6) is 0.149. The van der Waals surface area contributed by atoms with E-state index in [4.69, 9.17) is 16.3 Å². The van der Waals surface area contributed by atoms with Gasteiger partial charge in [0.15, 0.2) is 11.6 Å². The van der Waals surface area contributed by atoms with Crippen LogP contribution in [0.2, 0.25) is 5.02 Å². The Morgan fingerprint density at radius 1 is 1.24 bits per heavy atom. The molecule has 1 aliphatic rings. The third-order valence-corrected chi connectivity index (χ3v) is 3.49. The van der Waals surface area contributed by atoms with E-state index in [0.29, 0.717) is 43.0 Å². The van der Waals surface area contributed by atoms with Gasteiger partial charge >= 0.3 is 0 Å². The Balaban J connectivity index is 1.85. The van der Waals surface area contributed by atoms with Gasteiger partial charge in [0.05, 0.1) is 30.1 Å². The lowest BCUT2D eigenvalue weighted by atomic mass is 10.3. The highest BCUT2D eigenvalue weighted by Crippen LogP contribution is 2.25. The van der Waals surface area contributed by atoms with Gasteiger partial charge < -0.3 is 15.0 Å². The maximum Gasteiger partial charge on any atom is 0.229 e.